The monoisotopic (exact) mass is 1940 g/mol. The molecule has 5 aliphatic heterocycles. The van der Waals surface area contributed by atoms with Gasteiger partial charge in [-0.3, -0.25) is 48.5 Å². The lowest BCUT2D eigenvalue weighted by molar-refractivity contribution is -0.118. The summed E-state index contributed by atoms with van der Waals surface area (Å²) in [5.41, 5.74) is 13.4. The van der Waals surface area contributed by atoms with Crippen LogP contribution < -0.4 is 24.5 Å². The van der Waals surface area contributed by atoms with E-state index in [9.17, 15) is 54.7 Å². The van der Waals surface area contributed by atoms with Crippen LogP contribution in [-0.4, -0.2) is 121 Å². The lowest BCUT2D eigenvalue weighted by Gasteiger charge is -2.28. The third kappa shape index (κ3) is 17.0. The molecule has 25 nitrogen and oxygen atoms in total. The molecule has 15 aromatic rings. The molecule has 3 unspecified atom stereocenters. The first-order chi connectivity index (χ1) is 64.3. The Kier molecular flexibility index (Phi) is 26.5. The van der Waals surface area contributed by atoms with Crippen LogP contribution in [0.5, 0.6) is 0 Å². The fourth-order valence-electron chi connectivity index (χ4n) is 17.1. The molecule has 5 aliphatic rings. The van der Waals surface area contributed by atoms with E-state index in [0.29, 0.717) is 76.3 Å². The fourth-order valence-corrected chi connectivity index (χ4v) is 18.4. The molecule has 5 aromatic heterocycles. The Bertz CT molecular complexity index is 7010. The number of nitrogens with zero attached hydrogens (tertiary/aromatic N) is 10. The molecule has 0 spiro atoms. The number of carbonyl (C=O) groups is 5. The van der Waals surface area contributed by atoms with Crippen molar-refractivity contribution < 1.29 is 78.4 Å². The van der Waals surface area contributed by atoms with Crippen molar-refractivity contribution in [1.29, 1.82) is 0 Å². The number of ether oxygens (including phenoxy) is 5. The minimum absolute atomic E-state index is 0.0363. The molecule has 0 saturated carbocycles. The summed E-state index contributed by atoms with van der Waals surface area (Å²) in [6, 6.07) is 45.5. The van der Waals surface area contributed by atoms with Crippen LogP contribution in [0, 0.1) is 23.3 Å². The van der Waals surface area contributed by atoms with Crippen molar-refractivity contribution in [3.63, 3.8) is 0 Å². The second-order valence-corrected chi connectivity index (χ2v) is 33.0. The number of H-pyrrole nitrogens is 5. The highest BCUT2D eigenvalue weighted by Crippen LogP contribution is 2.53. The van der Waals surface area contributed by atoms with Gasteiger partial charge in [0.1, 0.15) is 5.57 Å². The summed E-state index contributed by atoms with van der Waals surface area (Å²) in [5.74, 6) is -6.76. The zero-order valence-corrected chi connectivity index (χ0v) is 76.3. The first-order valence-electron chi connectivity index (χ1n) is 40.8. The van der Waals surface area contributed by atoms with Crippen molar-refractivity contribution in [3.8, 4) is 0 Å². The molecule has 684 valence electrons. The van der Waals surface area contributed by atoms with Gasteiger partial charge in [-0.15, -0.1) is 0 Å². The molecule has 5 N–H and O–H groups in total. The average Bonchev–Trinajstić information content (AvgIpc) is 1.57. The number of alkyl halides is 3. The van der Waals surface area contributed by atoms with Gasteiger partial charge in [-0.1, -0.05) is 130 Å². The Hall–Kier alpha value is -14.2. The van der Waals surface area contributed by atoms with Gasteiger partial charge >= 0.3 is 6.18 Å². The highest BCUT2D eigenvalue weighted by atomic mass is 35.5. The number of carbonyl (C=O) groups excluding carboxylic acids is 5. The standard InChI is InChI=1S/C20H17F2N3O2.3C19H15Cl2N3O2.C19H12F5N3O2/c1-3-27-19-11(2)18(13-5-4-6-14(21)17(13)22)25(20(19)26)12-7-8-15-16(9-12)24-10-23-15;3*1-10-17(12-4-3-5-13(20)16(12)21)24(19(25)18(10)26-2)11-6-7-14-15(8-11)23-9-22-14;1-29-17-14(19(22,23)24)16(10-3-2-4-11(20)15(10)21)27(18(17)28)9-5-6-12-13(7-9)26-8-25-12/h4-10,18H,3H2,1-2H3,(H,23,24);3*3-9,17H,1-2H3,(H,22,23);2-8,16H,1H3,(H,25,26)/t;2*17-;;/m.10../s1. The molecule has 5 atom stereocenters. The maximum absolute atomic E-state index is 14.6. The molecule has 10 heterocycles. The molecule has 0 radical (unpaired) electrons. The molecule has 0 aliphatic carbocycles. The summed E-state index contributed by atoms with van der Waals surface area (Å²) >= 11 is 38.0. The average molecular weight is 1940 g/mol. The van der Waals surface area contributed by atoms with E-state index in [1.807, 2.05) is 112 Å². The third-order valence-corrected chi connectivity index (χ3v) is 25.6. The highest BCUT2D eigenvalue weighted by Gasteiger charge is 2.55. The van der Waals surface area contributed by atoms with Gasteiger partial charge in [-0.05, 0) is 173 Å². The molecule has 5 amide bonds. The molecule has 134 heavy (non-hydrogen) atoms. The van der Waals surface area contributed by atoms with Crippen molar-refractivity contribution >= 4 is 183 Å². The number of rotatable bonds is 16. The summed E-state index contributed by atoms with van der Waals surface area (Å²) in [6.07, 6.45) is 2.77. The first kappa shape index (κ1) is 93.1. The lowest BCUT2D eigenvalue weighted by Crippen LogP contribution is -2.32. The molecule has 0 bridgehead atoms. The van der Waals surface area contributed by atoms with E-state index in [1.54, 1.807) is 90.3 Å². The molecule has 0 saturated heterocycles. The van der Waals surface area contributed by atoms with Crippen LogP contribution in [0.25, 0.3) is 55.2 Å². The summed E-state index contributed by atoms with van der Waals surface area (Å²) in [7, 11) is 5.40. The number of fused-ring (bicyclic) bond motifs is 5. The van der Waals surface area contributed by atoms with E-state index in [2.05, 4.69) is 49.8 Å². The Morgan fingerprint density at radius 2 is 0.567 bits per heavy atom. The summed E-state index contributed by atoms with van der Waals surface area (Å²) in [6.45, 7) is 9.37. The maximum atomic E-state index is 14.6. The predicted molar refractivity (Wildman–Crippen MR) is 497 cm³/mol. The first-order valence-corrected chi connectivity index (χ1v) is 43.1. The number of hydrogen-bond donors (Lipinski definition) is 5. The van der Waals surface area contributed by atoms with Crippen LogP contribution in [-0.2, 0) is 47.7 Å². The van der Waals surface area contributed by atoms with E-state index in [1.165, 1.54) is 62.9 Å². The molecular weight excluding hydrogens is 1870 g/mol. The van der Waals surface area contributed by atoms with Crippen molar-refractivity contribution in [2.75, 3.05) is 59.5 Å². The van der Waals surface area contributed by atoms with Crippen molar-refractivity contribution in [3.05, 3.63) is 352 Å². The Balaban J connectivity index is 0.000000122. The number of hydrogen-bond acceptors (Lipinski definition) is 15. The fraction of sp³-hybridized carbons (Fsp3) is 0.167. The number of aromatic amines is 5. The Morgan fingerprint density at radius 1 is 0.328 bits per heavy atom. The van der Waals surface area contributed by atoms with Gasteiger partial charge in [-0.2, -0.15) is 13.2 Å². The molecule has 0 fully saturated rings. The second-order valence-electron chi connectivity index (χ2n) is 30.7. The summed E-state index contributed by atoms with van der Waals surface area (Å²) in [5, 5.41) is 2.61. The zero-order valence-electron chi connectivity index (χ0n) is 71.8. The SMILES string of the molecule is CCOC1=C(C)C(c2cccc(F)c2F)N(c2ccc3nc[nH]c3c2)C1=O.COC1=C(C(F)(F)F)C(c2cccc(F)c2F)N(c2ccc3nc[nH]c3c2)C1=O.COC1=C(C)C(c2cccc(Cl)c2Cl)N(c2ccc3nc[nH]c3c2)C1=O.COC1=C(C)[C@@H](c2cccc(Cl)c2Cl)N(c2ccc3nc[nH]c3c2)C1=O.COC1=C(C)[C@H](c2cccc(Cl)c2Cl)N(c2ccc3nc[nH]c3c2)C1=O. The zero-order chi connectivity index (χ0) is 95.3. The van der Waals surface area contributed by atoms with Gasteiger partial charge < -0.3 is 48.6 Å². The highest BCUT2D eigenvalue weighted by molar-refractivity contribution is 6.44. The minimum Gasteiger partial charge on any atom is -0.491 e. The van der Waals surface area contributed by atoms with Crippen molar-refractivity contribution in [2.24, 2.45) is 0 Å². The number of benzene rings is 10. The van der Waals surface area contributed by atoms with Gasteiger partial charge in [0.25, 0.3) is 29.5 Å². The van der Waals surface area contributed by atoms with Crippen LogP contribution in [0.15, 0.2) is 270 Å². The second kappa shape index (κ2) is 38.2. The number of anilines is 5. The normalized spacial score (nSPS) is 17.4. The van der Waals surface area contributed by atoms with E-state index >= 15 is 0 Å². The van der Waals surface area contributed by atoms with Gasteiger partial charge in [0, 0.05) is 61.9 Å². The Labute approximate surface area is 788 Å². The maximum Gasteiger partial charge on any atom is 0.418 e. The van der Waals surface area contributed by atoms with Crippen molar-refractivity contribution in [1.82, 2.24) is 49.8 Å². The molecule has 20 rings (SSSR count). The number of nitrogens with one attached hydrogen (secondary N) is 5. The van der Waals surface area contributed by atoms with Crippen LogP contribution in [0.1, 0.15) is 92.6 Å². The number of halogens is 13. The number of imidazole rings is 5. The number of methoxy groups -OCH3 is 4. The third-order valence-electron chi connectivity index (χ3n) is 23.1. The predicted octanol–water partition coefficient (Wildman–Crippen LogP) is 23.3. The number of amides is 5. The largest absolute Gasteiger partial charge is 0.491 e. The smallest absolute Gasteiger partial charge is 0.418 e. The summed E-state index contributed by atoms with van der Waals surface area (Å²) < 4.78 is 125. The topological polar surface area (TPSA) is 291 Å². The van der Waals surface area contributed by atoms with Gasteiger partial charge in [-0.25, -0.2) is 42.5 Å². The van der Waals surface area contributed by atoms with E-state index in [-0.39, 0.29) is 40.6 Å². The van der Waals surface area contributed by atoms with Crippen molar-refractivity contribution in [2.45, 2.75) is 71.0 Å². The van der Waals surface area contributed by atoms with Gasteiger partial charge in [0.2, 0.25) is 0 Å². The van der Waals surface area contributed by atoms with Gasteiger partial charge in [0.15, 0.2) is 52.1 Å². The molecule has 38 heteroatoms. The van der Waals surface area contributed by atoms with E-state index in [0.717, 1.165) is 131 Å². The Morgan fingerprint density at radius 3 is 0.843 bits per heavy atom. The molecular formula is C96H74Cl6F7N15O10. The van der Waals surface area contributed by atoms with Crippen LogP contribution in [0.2, 0.25) is 30.1 Å². The van der Waals surface area contributed by atoms with Crippen LogP contribution in [0.4, 0.5) is 59.2 Å². The quantitative estimate of drug-likeness (QED) is 0.0562. The van der Waals surface area contributed by atoms with E-state index < -0.39 is 82.5 Å². The van der Waals surface area contributed by atoms with E-state index in [4.69, 9.17) is 93.3 Å². The molecule has 10 aromatic carbocycles. The summed E-state index contributed by atoms with van der Waals surface area (Å²) in [4.78, 5) is 108. The number of aromatic nitrogens is 10. The van der Waals surface area contributed by atoms with Crippen LogP contribution >= 0.6 is 69.6 Å². The van der Waals surface area contributed by atoms with Crippen LogP contribution in [0.3, 0.4) is 0 Å². The van der Waals surface area contributed by atoms with Gasteiger partial charge in [0.05, 0.1) is 182 Å². The minimum atomic E-state index is -5.03. The lowest BCUT2D eigenvalue weighted by atomic mass is 9.97.